The highest BCUT2D eigenvalue weighted by molar-refractivity contribution is 7.17. The van der Waals surface area contributed by atoms with Gasteiger partial charge in [-0.25, -0.2) is 4.98 Å². The molecule has 9 nitrogen and oxygen atoms in total. The van der Waals surface area contributed by atoms with E-state index in [9.17, 15) is 9.59 Å². The number of Topliss-reactive ketones (excluding diaryl/α,β-unsaturated/α-hetero) is 1. The second-order valence-corrected chi connectivity index (χ2v) is 11.6. The molecule has 0 bridgehead atoms. The zero-order valence-corrected chi connectivity index (χ0v) is 23.2. The second kappa shape index (κ2) is 10.4. The van der Waals surface area contributed by atoms with Gasteiger partial charge in [0, 0.05) is 33.5 Å². The molecule has 0 saturated heterocycles. The van der Waals surface area contributed by atoms with Gasteiger partial charge in [0.05, 0.1) is 45.2 Å². The number of amides is 1. The molecule has 1 saturated carbocycles. The smallest absolute Gasteiger partial charge is 0.227 e. The lowest BCUT2D eigenvalue weighted by molar-refractivity contribution is -0.120. The van der Waals surface area contributed by atoms with Gasteiger partial charge in [0.1, 0.15) is 5.69 Å². The van der Waals surface area contributed by atoms with Gasteiger partial charge in [0.15, 0.2) is 11.6 Å². The number of aromatic amines is 2. The molecule has 0 radical (unpaired) electrons. The first kappa shape index (κ1) is 25.3. The van der Waals surface area contributed by atoms with Gasteiger partial charge in [-0.3, -0.25) is 24.7 Å². The summed E-state index contributed by atoms with van der Waals surface area (Å²) >= 11 is 1.46. The molecule has 41 heavy (non-hydrogen) atoms. The van der Waals surface area contributed by atoms with E-state index in [0.29, 0.717) is 22.9 Å². The number of ketones is 1. The summed E-state index contributed by atoms with van der Waals surface area (Å²) in [7, 11) is 0. The number of carbonyl (C=O) groups excluding carboxylic acids is 2. The largest absolute Gasteiger partial charge is 0.337 e. The summed E-state index contributed by atoms with van der Waals surface area (Å²) in [6.07, 6.45) is 10.5. The van der Waals surface area contributed by atoms with Crippen molar-refractivity contribution in [2.75, 3.05) is 5.32 Å². The maximum atomic E-state index is 12.8. The van der Waals surface area contributed by atoms with Crippen LogP contribution in [0, 0.1) is 5.92 Å². The number of H-pyrrole nitrogens is 2. The number of imidazole rings is 1. The Morgan fingerprint density at radius 2 is 1.88 bits per heavy atom. The van der Waals surface area contributed by atoms with E-state index in [0.717, 1.165) is 68.5 Å². The predicted octanol–water partition coefficient (Wildman–Crippen LogP) is 7.01. The SMILES string of the molecule is CC(=O)c1ccc(-c2cccc3[nH]c(-c4n[nH]c5cnc(-c6cncc(NC(=O)C7CCCCC7)c6)cc45)nc23)s1. The number of benzene rings is 1. The fourth-order valence-electron chi connectivity index (χ4n) is 5.53. The first-order valence-electron chi connectivity index (χ1n) is 13.7. The Balaban J connectivity index is 1.22. The maximum Gasteiger partial charge on any atom is 0.227 e. The van der Waals surface area contributed by atoms with E-state index in [2.05, 4.69) is 30.5 Å². The van der Waals surface area contributed by atoms with E-state index in [4.69, 9.17) is 4.98 Å². The molecule has 1 fully saturated rings. The minimum Gasteiger partial charge on any atom is -0.337 e. The van der Waals surface area contributed by atoms with Crippen LogP contribution in [-0.2, 0) is 4.79 Å². The van der Waals surface area contributed by atoms with Crippen LogP contribution in [0.4, 0.5) is 5.69 Å². The average molecular weight is 562 g/mol. The molecule has 204 valence electrons. The average Bonchev–Trinajstić information content (AvgIpc) is 3.75. The molecule has 0 unspecified atom stereocenters. The van der Waals surface area contributed by atoms with Crippen molar-refractivity contribution in [3.05, 3.63) is 65.9 Å². The minimum atomic E-state index is 0.0517. The van der Waals surface area contributed by atoms with E-state index >= 15 is 0 Å². The first-order valence-corrected chi connectivity index (χ1v) is 14.6. The number of para-hydroxylation sites is 1. The van der Waals surface area contributed by atoms with E-state index in [1.807, 2.05) is 42.5 Å². The lowest BCUT2D eigenvalue weighted by atomic mass is 9.88. The number of nitrogens with zero attached hydrogens (tertiary/aromatic N) is 4. The Morgan fingerprint density at radius 1 is 1.00 bits per heavy atom. The third-order valence-electron chi connectivity index (χ3n) is 7.68. The molecule has 1 aromatic carbocycles. The molecule has 7 rings (SSSR count). The van der Waals surface area contributed by atoms with Gasteiger partial charge < -0.3 is 10.3 Å². The van der Waals surface area contributed by atoms with Crippen LogP contribution in [0.5, 0.6) is 0 Å². The van der Waals surface area contributed by atoms with Crippen LogP contribution < -0.4 is 5.32 Å². The van der Waals surface area contributed by atoms with Crippen molar-refractivity contribution in [3.8, 4) is 33.2 Å². The zero-order valence-electron chi connectivity index (χ0n) is 22.4. The molecule has 5 aromatic heterocycles. The number of carbonyl (C=O) groups is 2. The number of nitrogens with one attached hydrogen (secondary N) is 3. The van der Waals surface area contributed by atoms with Crippen molar-refractivity contribution in [2.45, 2.75) is 39.0 Å². The number of thiophene rings is 1. The Hall–Kier alpha value is -4.70. The van der Waals surface area contributed by atoms with E-state index < -0.39 is 0 Å². The van der Waals surface area contributed by atoms with E-state index in [-0.39, 0.29) is 17.6 Å². The fourth-order valence-corrected chi connectivity index (χ4v) is 6.46. The van der Waals surface area contributed by atoms with Crippen molar-refractivity contribution in [1.82, 2.24) is 30.1 Å². The van der Waals surface area contributed by atoms with Crippen LogP contribution in [0.3, 0.4) is 0 Å². The first-order chi connectivity index (χ1) is 20.0. The summed E-state index contributed by atoms with van der Waals surface area (Å²) in [5, 5.41) is 11.5. The van der Waals surface area contributed by atoms with Crippen molar-refractivity contribution < 1.29 is 9.59 Å². The molecule has 1 aliphatic carbocycles. The molecule has 0 spiro atoms. The van der Waals surface area contributed by atoms with Crippen LogP contribution >= 0.6 is 11.3 Å². The standard InChI is InChI=1S/C31H27N7O2S/c1-17(39)26-10-11-27(41-26)21-8-5-9-23-28(21)36-30(35-23)29-22-13-24(33-16-25(22)37-38-29)19-12-20(15-32-14-19)34-31(40)18-6-3-2-4-7-18/h5,8-16,18H,2-4,6-7H2,1H3,(H,34,40)(H,35,36)(H,37,38). The highest BCUT2D eigenvalue weighted by atomic mass is 32.1. The highest BCUT2D eigenvalue weighted by Gasteiger charge is 2.22. The van der Waals surface area contributed by atoms with Crippen molar-refractivity contribution in [3.63, 3.8) is 0 Å². The summed E-state index contributed by atoms with van der Waals surface area (Å²) in [4.78, 5) is 43.7. The third kappa shape index (κ3) is 4.80. The molecule has 1 aliphatic rings. The Kier molecular flexibility index (Phi) is 6.39. The topological polar surface area (TPSA) is 129 Å². The third-order valence-corrected chi connectivity index (χ3v) is 8.90. The number of anilines is 1. The summed E-state index contributed by atoms with van der Waals surface area (Å²) < 4.78 is 0. The van der Waals surface area contributed by atoms with Crippen LogP contribution in [0.2, 0.25) is 0 Å². The number of pyridine rings is 2. The molecular weight excluding hydrogens is 534 g/mol. The molecule has 3 N–H and O–H groups in total. The van der Waals surface area contributed by atoms with Gasteiger partial charge in [-0.2, -0.15) is 5.10 Å². The van der Waals surface area contributed by atoms with Gasteiger partial charge >= 0.3 is 0 Å². The van der Waals surface area contributed by atoms with Gasteiger partial charge in [0.2, 0.25) is 5.91 Å². The lowest BCUT2D eigenvalue weighted by Gasteiger charge is -2.20. The zero-order chi connectivity index (χ0) is 27.9. The Bertz CT molecular complexity index is 1930. The molecular formula is C31H27N7O2S. The number of hydrogen-bond acceptors (Lipinski definition) is 7. The molecule has 0 aliphatic heterocycles. The minimum absolute atomic E-state index is 0.0517. The number of fused-ring (bicyclic) bond motifs is 2. The van der Waals surface area contributed by atoms with Crippen LogP contribution in [-0.4, -0.2) is 41.8 Å². The maximum absolute atomic E-state index is 12.8. The summed E-state index contributed by atoms with van der Waals surface area (Å²) in [6, 6.07) is 13.7. The molecule has 1 amide bonds. The van der Waals surface area contributed by atoms with Gasteiger partial charge in [0.25, 0.3) is 0 Å². The Morgan fingerprint density at radius 3 is 2.71 bits per heavy atom. The highest BCUT2D eigenvalue weighted by Crippen LogP contribution is 2.35. The molecule has 10 heteroatoms. The second-order valence-electron chi connectivity index (χ2n) is 10.5. The van der Waals surface area contributed by atoms with Gasteiger partial charge in [-0.1, -0.05) is 31.4 Å². The van der Waals surface area contributed by atoms with Crippen molar-refractivity contribution >= 4 is 50.7 Å². The van der Waals surface area contributed by atoms with E-state index in [1.54, 1.807) is 25.5 Å². The number of aromatic nitrogens is 6. The fraction of sp³-hybridized carbons (Fsp3) is 0.226. The summed E-state index contributed by atoms with van der Waals surface area (Å²) in [5.41, 5.74) is 6.29. The number of hydrogen-bond donors (Lipinski definition) is 3. The van der Waals surface area contributed by atoms with Gasteiger partial charge in [-0.15, -0.1) is 11.3 Å². The van der Waals surface area contributed by atoms with Crippen molar-refractivity contribution in [2.24, 2.45) is 5.92 Å². The summed E-state index contributed by atoms with van der Waals surface area (Å²) in [6.45, 7) is 1.58. The normalized spacial score (nSPS) is 14.1. The van der Waals surface area contributed by atoms with Crippen LogP contribution in [0.15, 0.2) is 61.1 Å². The lowest BCUT2D eigenvalue weighted by Crippen LogP contribution is -2.24. The summed E-state index contributed by atoms with van der Waals surface area (Å²) in [5.74, 6) is 0.811. The Labute approximate surface area is 239 Å². The quantitative estimate of drug-likeness (QED) is 0.188. The molecule has 5 heterocycles. The molecule has 6 aromatic rings. The monoisotopic (exact) mass is 561 g/mol. The van der Waals surface area contributed by atoms with E-state index in [1.165, 1.54) is 17.8 Å². The van der Waals surface area contributed by atoms with Crippen LogP contribution in [0.25, 0.3) is 55.2 Å². The van der Waals surface area contributed by atoms with Crippen molar-refractivity contribution in [1.29, 1.82) is 0 Å². The molecule has 0 atom stereocenters. The number of rotatable bonds is 6. The van der Waals surface area contributed by atoms with Gasteiger partial charge in [-0.05, 0) is 50.1 Å². The predicted molar refractivity (Wildman–Crippen MR) is 161 cm³/mol. The van der Waals surface area contributed by atoms with Crippen LogP contribution in [0.1, 0.15) is 48.7 Å².